The van der Waals surface area contributed by atoms with Crippen LogP contribution in [-0.2, 0) is 4.74 Å². The van der Waals surface area contributed by atoms with Crippen LogP contribution >= 0.6 is 11.8 Å². The number of ether oxygens (including phenoxy) is 1. The summed E-state index contributed by atoms with van der Waals surface area (Å²) in [5.41, 5.74) is 5.43. The Morgan fingerprint density at radius 3 is 2.54 bits per heavy atom. The first-order valence-electron chi connectivity index (χ1n) is 3.89. The molecular weight excluding hydrogens is 203 g/mol. The molecule has 0 radical (unpaired) electrons. The Morgan fingerprint density at radius 1 is 1.46 bits per heavy atom. The first kappa shape index (κ1) is 13.1. The van der Waals surface area contributed by atoms with E-state index in [9.17, 15) is 13.2 Å². The Bertz CT molecular complexity index is 129. The molecule has 0 aromatic heterocycles. The minimum Gasteiger partial charge on any atom is -0.371 e. The summed E-state index contributed by atoms with van der Waals surface area (Å²) in [6.07, 6.45) is -4.22. The van der Waals surface area contributed by atoms with Gasteiger partial charge in [-0.15, -0.1) is 0 Å². The van der Waals surface area contributed by atoms with Crippen LogP contribution in [0.2, 0.25) is 0 Å². The normalized spacial score (nSPS) is 14.5. The number of nitrogens with two attached hydrogens (primary N) is 1. The zero-order valence-electron chi connectivity index (χ0n) is 7.43. The van der Waals surface area contributed by atoms with Gasteiger partial charge >= 0.3 is 6.18 Å². The van der Waals surface area contributed by atoms with E-state index in [0.717, 1.165) is 5.75 Å². The van der Waals surface area contributed by atoms with Gasteiger partial charge in [-0.2, -0.15) is 24.9 Å². The Balaban J connectivity index is 3.09. The fourth-order valence-corrected chi connectivity index (χ4v) is 1.35. The van der Waals surface area contributed by atoms with Crippen molar-refractivity contribution in [2.45, 2.75) is 19.1 Å². The number of thioether (sulfide) groups is 1. The predicted octanol–water partition coefficient (Wildman–Crippen LogP) is 1.65. The van der Waals surface area contributed by atoms with E-state index in [1.165, 1.54) is 11.8 Å². The van der Waals surface area contributed by atoms with E-state index in [-0.39, 0.29) is 12.6 Å². The monoisotopic (exact) mass is 217 g/mol. The van der Waals surface area contributed by atoms with E-state index in [4.69, 9.17) is 5.73 Å². The van der Waals surface area contributed by atoms with E-state index < -0.39 is 12.8 Å². The minimum atomic E-state index is -4.22. The predicted molar refractivity (Wildman–Crippen MR) is 47.8 cm³/mol. The molecule has 1 atom stereocenters. The number of alkyl halides is 3. The van der Waals surface area contributed by atoms with Gasteiger partial charge in [-0.3, -0.25) is 0 Å². The first-order chi connectivity index (χ1) is 5.92. The van der Waals surface area contributed by atoms with Crippen LogP contribution in [-0.4, -0.2) is 36.9 Å². The van der Waals surface area contributed by atoms with E-state index >= 15 is 0 Å². The lowest BCUT2D eigenvalue weighted by Crippen LogP contribution is -2.20. The summed E-state index contributed by atoms with van der Waals surface area (Å²) in [7, 11) is 0. The number of rotatable bonds is 6. The summed E-state index contributed by atoms with van der Waals surface area (Å²) in [6, 6.07) is 0.0765. The number of halogens is 3. The number of hydrogen-bond donors (Lipinski definition) is 1. The SMILES string of the molecule is CC(N)CSCCOCC(F)(F)F. The van der Waals surface area contributed by atoms with Crippen LogP contribution in [0.15, 0.2) is 0 Å². The molecule has 1 unspecified atom stereocenters. The molecule has 0 rings (SSSR count). The topological polar surface area (TPSA) is 35.2 Å². The first-order valence-corrected chi connectivity index (χ1v) is 5.05. The van der Waals surface area contributed by atoms with Gasteiger partial charge in [-0.05, 0) is 6.92 Å². The molecule has 0 fully saturated rings. The van der Waals surface area contributed by atoms with Crippen LogP contribution in [0.3, 0.4) is 0 Å². The van der Waals surface area contributed by atoms with Crippen molar-refractivity contribution in [2.75, 3.05) is 24.7 Å². The van der Waals surface area contributed by atoms with Crippen LogP contribution in [0.5, 0.6) is 0 Å². The van der Waals surface area contributed by atoms with Gasteiger partial charge in [0.15, 0.2) is 0 Å². The maximum atomic E-state index is 11.5. The number of hydrogen-bond acceptors (Lipinski definition) is 3. The molecule has 80 valence electrons. The van der Waals surface area contributed by atoms with Crippen molar-refractivity contribution in [2.24, 2.45) is 5.73 Å². The molecular formula is C7H14F3NOS. The van der Waals surface area contributed by atoms with E-state index in [2.05, 4.69) is 4.74 Å². The highest BCUT2D eigenvalue weighted by Crippen LogP contribution is 2.14. The molecule has 0 saturated heterocycles. The molecule has 0 spiro atoms. The molecule has 0 aliphatic rings. The molecule has 0 bridgehead atoms. The molecule has 2 N–H and O–H groups in total. The molecule has 6 heteroatoms. The van der Waals surface area contributed by atoms with Crippen LogP contribution in [0.25, 0.3) is 0 Å². The van der Waals surface area contributed by atoms with E-state index in [1.807, 2.05) is 6.92 Å². The summed E-state index contributed by atoms with van der Waals surface area (Å²) in [5.74, 6) is 1.30. The summed E-state index contributed by atoms with van der Waals surface area (Å²) in [5, 5.41) is 0. The van der Waals surface area contributed by atoms with Crippen molar-refractivity contribution in [1.29, 1.82) is 0 Å². The smallest absolute Gasteiger partial charge is 0.371 e. The lowest BCUT2D eigenvalue weighted by molar-refractivity contribution is -0.172. The molecule has 0 aromatic rings. The quantitative estimate of drug-likeness (QED) is 0.687. The van der Waals surface area contributed by atoms with Crippen LogP contribution < -0.4 is 5.73 Å². The molecule has 0 heterocycles. The van der Waals surface area contributed by atoms with Gasteiger partial charge < -0.3 is 10.5 Å². The Hall–Kier alpha value is 0.0600. The van der Waals surface area contributed by atoms with Crippen molar-refractivity contribution in [3.8, 4) is 0 Å². The molecule has 0 aliphatic heterocycles. The summed E-state index contributed by atoms with van der Waals surface area (Å²) in [4.78, 5) is 0. The van der Waals surface area contributed by atoms with Gasteiger partial charge in [0, 0.05) is 17.5 Å². The van der Waals surface area contributed by atoms with Crippen molar-refractivity contribution in [1.82, 2.24) is 0 Å². The van der Waals surface area contributed by atoms with Crippen molar-refractivity contribution < 1.29 is 17.9 Å². The Morgan fingerprint density at radius 2 is 2.08 bits per heavy atom. The third-order valence-corrected chi connectivity index (χ3v) is 2.24. The van der Waals surface area contributed by atoms with Gasteiger partial charge in [0.2, 0.25) is 0 Å². The molecule has 0 amide bonds. The summed E-state index contributed by atoms with van der Waals surface area (Å²) in [6.45, 7) is 0.812. The molecule has 2 nitrogen and oxygen atoms in total. The third kappa shape index (κ3) is 12.1. The van der Waals surface area contributed by atoms with E-state index in [0.29, 0.717) is 5.75 Å². The molecule has 13 heavy (non-hydrogen) atoms. The van der Waals surface area contributed by atoms with Gasteiger partial charge in [-0.1, -0.05) is 0 Å². The van der Waals surface area contributed by atoms with Gasteiger partial charge in [0.05, 0.1) is 6.61 Å². The highest BCUT2D eigenvalue weighted by atomic mass is 32.2. The van der Waals surface area contributed by atoms with Gasteiger partial charge in [0.25, 0.3) is 0 Å². The van der Waals surface area contributed by atoms with Crippen molar-refractivity contribution in [3.63, 3.8) is 0 Å². The minimum absolute atomic E-state index is 0.0765. The highest BCUT2D eigenvalue weighted by molar-refractivity contribution is 7.99. The summed E-state index contributed by atoms with van der Waals surface area (Å²) >= 11 is 1.49. The van der Waals surface area contributed by atoms with Gasteiger partial charge in [0.1, 0.15) is 6.61 Å². The van der Waals surface area contributed by atoms with Gasteiger partial charge in [-0.25, -0.2) is 0 Å². The van der Waals surface area contributed by atoms with Crippen molar-refractivity contribution >= 4 is 11.8 Å². The average molecular weight is 217 g/mol. The van der Waals surface area contributed by atoms with Crippen LogP contribution in [0.1, 0.15) is 6.92 Å². The Kier molecular flexibility index (Phi) is 6.53. The second kappa shape index (κ2) is 6.50. The second-order valence-electron chi connectivity index (χ2n) is 2.72. The van der Waals surface area contributed by atoms with E-state index in [1.54, 1.807) is 0 Å². The fourth-order valence-electron chi connectivity index (χ4n) is 0.575. The highest BCUT2D eigenvalue weighted by Gasteiger charge is 2.27. The zero-order valence-corrected chi connectivity index (χ0v) is 8.25. The molecule has 0 saturated carbocycles. The third-order valence-electron chi connectivity index (χ3n) is 1.02. The fraction of sp³-hybridized carbons (Fsp3) is 1.00. The zero-order chi connectivity index (χ0) is 10.3. The van der Waals surface area contributed by atoms with Crippen LogP contribution in [0, 0.1) is 0 Å². The molecule has 0 aromatic carbocycles. The average Bonchev–Trinajstić information content (AvgIpc) is 1.93. The summed E-state index contributed by atoms with van der Waals surface area (Å²) < 4.78 is 39.0. The second-order valence-corrected chi connectivity index (χ2v) is 3.87. The maximum absolute atomic E-state index is 11.5. The van der Waals surface area contributed by atoms with Crippen LogP contribution in [0.4, 0.5) is 13.2 Å². The Labute approximate surface area is 80.0 Å². The maximum Gasteiger partial charge on any atom is 0.411 e. The lowest BCUT2D eigenvalue weighted by atomic mass is 10.4. The lowest BCUT2D eigenvalue weighted by Gasteiger charge is -2.07. The molecule has 0 aliphatic carbocycles. The largest absolute Gasteiger partial charge is 0.411 e. The standard InChI is InChI=1S/C7H14F3NOS/c1-6(11)4-13-3-2-12-5-7(8,9)10/h6H,2-5,11H2,1H3. The van der Waals surface area contributed by atoms with Crippen molar-refractivity contribution in [3.05, 3.63) is 0 Å².